The van der Waals surface area contributed by atoms with E-state index in [1.165, 1.54) is 43.4 Å². The SMILES string of the molecule is CCCc1cc2c(cn1)CCCC2. The molecule has 0 unspecified atom stereocenters. The van der Waals surface area contributed by atoms with Crippen LogP contribution in [-0.2, 0) is 19.3 Å². The van der Waals surface area contributed by atoms with E-state index in [1.807, 2.05) is 0 Å². The molecule has 0 saturated heterocycles. The molecule has 0 radical (unpaired) electrons. The molecule has 13 heavy (non-hydrogen) atoms. The monoisotopic (exact) mass is 175 g/mol. The van der Waals surface area contributed by atoms with E-state index in [2.05, 4.69) is 24.2 Å². The Labute approximate surface area is 80.2 Å². The van der Waals surface area contributed by atoms with Crippen molar-refractivity contribution < 1.29 is 0 Å². The van der Waals surface area contributed by atoms with E-state index in [9.17, 15) is 0 Å². The van der Waals surface area contributed by atoms with Gasteiger partial charge in [0.1, 0.15) is 0 Å². The number of nitrogens with zero attached hydrogens (tertiary/aromatic N) is 1. The summed E-state index contributed by atoms with van der Waals surface area (Å²) in [5, 5.41) is 0. The molecule has 0 fully saturated rings. The van der Waals surface area contributed by atoms with Gasteiger partial charge >= 0.3 is 0 Å². The second kappa shape index (κ2) is 3.91. The Morgan fingerprint density at radius 1 is 1.23 bits per heavy atom. The smallest absolute Gasteiger partial charge is 0.0406 e. The summed E-state index contributed by atoms with van der Waals surface area (Å²) in [7, 11) is 0. The molecule has 2 rings (SSSR count). The number of rotatable bonds is 2. The minimum atomic E-state index is 1.13. The van der Waals surface area contributed by atoms with Crippen LogP contribution in [0, 0.1) is 0 Å². The number of aromatic nitrogens is 1. The first-order chi connectivity index (χ1) is 6.40. The summed E-state index contributed by atoms with van der Waals surface area (Å²) in [6, 6.07) is 2.32. The molecule has 1 aliphatic rings. The van der Waals surface area contributed by atoms with Crippen molar-refractivity contribution in [2.45, 2.75) is 45.4 Å². The van der Waals surface area contributed by atoms with Gasteiger partial charge in [0.2, 0.25) is 0 Å². The third kappa shape index (κ3) is 1.90. The molecule has 70 valence electrons. The molecule has 0 N–H and O–H groups in total. The molecule has 0 atom stereocenters. The van der Waals surface area contributed by atoms with Gasteiger partial charge in [-0.3, -0.25) is 4.98 Å². The van der Waals surface area contributed by atoms with Crippen LogP contribution in [0.5, 0.6) is 0 Å². The van der Waals surface area contributed by atoms with Gasteiger partial charge in [0.25, 0.3) is 0 Å². The Kier molecular flexibility index (Phi) is 2.62. The lowest BCUT2D eigenvalue weighted by molar-refractivity contribution is 0.678. The maximum Gasteiger partial charge on any atom is 0.0406 e. The van der Waals surface area contributed by atoms with Crippen LogP contribution in [0.2, 0.25) is 0 Å². The summed E-state index contributed by atoms with van der Waals surface area (Å²) in [5.74, 6) is 0. The van der Waals surface area contributed by atoms with E-state index < -0.39 is 0 Å². The maximum atomic E-state index is 4.48. The van der Waals surface area contributed by atoms with Crippen LogP contribution in [0.1, 0.15) is 43.0 Å². The van der Waals surface area contributed by atoms with Crippen molar-refractivity contribution in [1.29, 1.82) is 0 Å². The fourth-order valence-corrected chi connectivity index (χ4v) is 2.06. The lowest BCUT2D eigenvalue weighted by Gasteiger charge is -2.15. The lowest BCUT2D eigenvalue weighted by atomic mass is 9.92. The van der Waals surface area contributed by atoms with Gasteiger partial charge in [-0.1, -0.05) is 13.3 Å². The third-order valence-corrected chi connectivity index (χ3v) is 2.79. The van der Waals surface area contributed by atoms with Gasteiger partial charge < -0.3 is 0 Å². The van der Waals surface area contributed by atoms with Crippen molar-refractivity contribution in [2.75, 3.05) is 0 Å². The molecule has 1 heterocycles. The van der Waals surface area contributed by atoms with Gasteiger partial charge in [0, 0.05) is 11.9 Å². The number of fused-ring (bicyclic) bond motifs is 1. The van der Waals surface area contributed by atoms with Crippen LogP contribution >= 0.6 is 0 Å². The zero-order chi connectivity index (χ0) is 9.10. The molecule has 0 bridgehead atoms. The van der Waals surface area contributed by atoms with Crippen LogP contribution in [-0.4, -0.2) is 4.98 Å². The average Bonchev–Trinajstić information content (AvgIpc) is 2.18. The highest BCUT2D eigenvalue weighted by Gasteiger charge is 2.09. The molecule has 1 aromatic rings. The Morgan fingerprint density at radius 2 is 2.00 bits per heavy atom. The van der Waals surface area contributed by atoms with Gasteiger partial charge in [-0.25, -0.2) is 0 Å². The number of pyridine rings is 1. The maximum absolute atomic E-state index is 4.48. The summed E-state index contributed by atoms with van der Waals surface area (Å²) in [6.45, 7) is 2.21. The highest BCUT2D eigenvalue weighted by atomic mass is 14.7. The summed E-state index contributed by atoms with van der Waals surface area (Å²) in [4.78, 5) is 4.48. The quantitative estimate of drug-likeness (QED) is 0.673. The zero-order valence-corrected chi connectivity index (χ0v) is 8.34. The molecule has 0 aliphatic heterocycles. The van der Waals surface area contributed by atoms with E-state index in [0.717, 1.165) is 6.42 Å². The first-order valence-corrected chi connectivity index (χ1v) is 5.37. The summed E-state index contributed by atoms with van der Waals surface area (Å²) in [5.41, 5.74) is 4.33. The lowest BCUT2D eigenvalue weighted by Crippen LogP contribution is -2.04. The van der Waals surface area contributed by atoms with Gasteiger partial charge in [-0.2, -0.15) is 0 Å². The predicted octanol–water partition coefficient (Wildman–Crippen LogP) is 2.91. The van der Waals surface area contributed by atoms with Crippen LogP contribution in [0.4, 0.5) is 0 Å². The minimum absolute atomic E-state index is 1.13. The molecular weight excluding hydrogens is 158 g/mol. The Bertz CT molecular complexity index is 291. The summed E-state index contributed by atoms with van der Waals surface area (Å²) >= 11 is 0. The van der Waals surface area contributed by atoms with Crippen molar-refractivity contribution in [3.05, 3.63) is 29.1 Å². The fourth-order valence-electron chi connectivity index (χ4n) is 2.06. The first-order valence-electron chi connectivity index (χ1n) is 5.37. The predicted molar refractivity (Wildman–Crippen MR) is 54.9 cm³/mol. The third-order valence-electron chi connectivity index (χ3n) is 2.79. The summed E-state index contributed by atoms with van der Waals surface area (Å²) in [6.07, 6.45) is 9.66. The Balaban J connectivity index is 2.24. The van der Waals surface area contributed by atoms with Gasteiger partial charge in [0.05, 0.1) is 0 Å². The average molecular weight is 175 g/mol. The van der Waals surface area contributed by atoms with Gasteiger partial charge in [-0.15, -0.1) is 0 Å². The van der Waals surface area contributed by atoms with Crippen LogP contribution in [0.3, 0.4) is 0 Å². The second-order valence-electron chi connectivity index (χ2n) is 3.90. The minimum Gasteiger partial charge on any atom is -0.261 e. The van der Waals surface area contributed by atoms with Gasteiger partial charge in [-0.05, 0) is 49.3 Å². The topological polar surface area (TPSA) is 12.9 Å². The molecule has 0 spiro atoms. The Morgan fingerprint density at radius 3 is 2.77 bits per heavy atom. The van der Waals surface area contributed by atoms with E-state index in [0.29, 0.717) is 0 Å². The highest BCUT2D eigenvalue weighted by molar-refractivity contribution is 5.28. The van der Waals surface area contributed by atoms with Crippen molar-refractivity contribution in [3.63, 3.8) is 0 Å². The van der Waals surface area contributed by atoms with Crippen LogP contribution in [0.25, 0.3) is 0 Å². The number of hydrogen-bond donors (Lipinski definition) is 0. The van der Waals surface area contributed by atoms with Gasteiger partial charge in [0.15, 0.2) is 0 Å². The molecule has 1 aromatic heterocycles. The normalized spacial score (nSPS) is 15.5. The van der Waals surface area contributed by atoms with Crippen LogP contribution < -0.4 is 0 Å². The number of aryl methyl sites for hydroxylation is 3. The highest BCUT2D eigenvalue weighted by Crippen LogP contribution is 2.21. The van der Waals surface area contributed by atoms with Crippen molar-refractivity contribution in [3.8, 4) is 0 Å². The molecule has 0 saturated carbocycles. The number of hydrogen-bond acceptors (Lipinski definition) is 1. The zero-order valence-electron chi connectivity index (χ0n) is 8.34. The van der Waals surface area contributed by atoms with Crippen molar-refractivity contribution in [2.24, 2.45) is 0 Å². The molecular formula is C12H17N. The molecule has 0 aromatic carbocycles. The summed E-state index contributed by atoms with van der Waals surface area (Å²) < 4.78 is 0. The first kappa shape index (κ1) is 8.74. The van der Waals surface area contributed by atoms with Crippen LogP contribution in [0.15, 0.2) is 12.3 Å². The second-order valence-corrected chi connectivity index (χ2v) is 3.90. The largest absolute Gasteiger partial charge is 0.261 e. The molecule has 1 heteroatoms. The van der Waals surface area contributed by atoms with E-state index in [-0.39, 0.29) is 0 Å². The van der Waals surface area contributed by atoms with E-state index in [4.69, 9.17) is 0 Å². The van der Waals surface area contributed by atoms with Crippen molar-refractivity contribution >= 4 is 0 Å². The van der Waals surface area contributed by atoms with Crippen molar-refractivity contribution in [1.82, 2.24) is 4.98 Å². The fraction of sp³-hybridized carbons (Fsp3) is 0.583. The van der Waals surface area contributed by atoms with E-state index in [1.54, 1.807) is 5.56 Å². The standard InChI is InChI=1S/C12H17N/c1-2-5-12-8-10-6-3-4-7-11(10)9-13-12/h8-9H,2-7H2,1H3. The molecule has 1 nitrogen and oxygen atoms in total. The Hall–Kier alpha value is -0.850. The van der Waals surface area contributed by atoms with E-state index >= 15 is 0 Å². The molecule has 1 aliphatic carbocycles. The molecule has 0 amide bonds.